The van der Waals surface area contributed by atoms with Gasteiger partial charge in [0.25, 0.3) is 0 Å². The van der Waals surface area contributed by atoms with E-state index >= 15 is 0 Å². The highest BCUT2D eigenvalue weighted by molar-refractivity contribution is 5.85. The highest BCUT2D eigenvalue weighted by Gasteiger charge is 2.42. The fourth-order valence-electron chi connectivity index (χ4n) is 4.72. The SMILES string of the molecule is Cc1ccc2[nH]c(C(C3=C(O)[C@@](C)(c4ccccc4)OOC3)c3ccccc3)c(C)c2c1. The second kappa shape index (κ2) is 7.97. The number of H-pyrrole nitrogens is 1. The fourth-order valence-corrected chi connectivity index (χ4v) is 4.72. The van der Waals surface area contributed by atoms with Crippen molar-refractivity contribution in [3.05, 3.63) is 118 Å². The zero-order valence-corrected chi connectivity index (χ0v) is 18.6. The van der Waals surface area contributed by atoms with Crippen molar-refractivity contribution in [2.75, 3.05) is 6.61 Å². The van der Waals surface area contributed by atoms with Crippen LogP contribution in [0.4, 0.5) is 0 Å². The van der Waals surface area contributed by atoms with E-state index in [0.717, 1.165) is 27.9 Å². The summed E-state index contributed by atoms with van der Waals surface area (Å²) in [5, 5.41) is 12.8. The molecule has 0 aliphatic carbocycles. The third-order valence-electron chi connectivity index (χ3n) is 6.54. The summed E-state index contributed by atoms with van der Waals surface area (Å²) in [6, 6.07) is 26.4. The lowest BCUT2D eigenvalue weighted by molar-refractivity contribution is -0.363. The molecule has 2 atom stereocenters. The molecule has 0 amide bonds. The number of aromatic amines is 1. The molecular formula is C28H27NO3. The number of benzene rings is 3. The lowest BCUT2D eigenvalue weighted by Crippen LogP contribution is -2.36. The summed E-state index contributed by atoms with van der Waals surface area (Å²) in [5.41, 5.74) is 6.16. The zero-order valence-electron chi connectivity index (χ0n) is 18.6. The molecule has 1 aromatic heterocycles. The van der Waals surface area contributed by atoms with E-state index in [1.165, 1.54) is 16.5 Å². The molecule has 0 saturated carbocycles. The minimum Gasteiger partial charge on any atom is -0.509 e. The summed E-state index contributed by atoms with van der Waals surface area (Å²) in [6.45, 7) is 6.27. The number of fused-ring (bicyclic) bond motifs is 1. The van der Waals surface area contributed by atoms with Gasteiger partial charge in [-0.3, -0.25) is 0 Å². The van der Waals surface area contributed by atoms with Gasteiger partial charge >= 0.3 is 0 Å². The van der Waals surface area contributed by atoms with E-state index in [1.54, 1.807) is 0 Å². The highest BCUT2D eigenvalue weighted by Crippen LogP contribution is 2.44. The summed E-state index contributed by atoms with van der Waals surface area (Å²) in [7, 11) is 0. The van der Waals surface area contributed by atoms with Gasteiger partial charge in [0.15, 0.2) is 5.60 Å². The smallest absolute Gasteiger partial charge is 0.182 e. The lowest BCUT2D eigenvalue weighted by Gasteiger charge is -2.36. The van der Waals surface area contributed by atoms with Crippen molar-refractivity contribution in [3.8, 4) is 0 Å². The number of nitrogens with one attached hydrogen (secondary N) is 1. The number of aryl methyl sites for hydroxylation is 2. The van der Waals surface area contributed by atoms with Gasteiger partial charge in [-0.2, -0.15) is 0 Å². The Bertz CT molecular complexity index is 1290. The average molecular weight is 426 g/mol. The maximum atomic E-state index is 11.6. The van der Waals surface area contributed by atoms with Crippen LogP contribution in [-0.4, -0.2) is 16.7 Å². The van der Waals surface area contributed by atoms with E-state index in [9.17, 15) is 5.11 Å². The van der Waals surface area contributed by atoms with Crippen LogP contribution in [0.1, 0.15) is 40.8 Å². The van der Waals surface area contributed by atoms with E-state index in [4.69, 9.17) is 9.78 Å². The summed E-state index contributed by atoms with van der Waals surface area (Å²) in [5.74, 6) is -0.00566. The van der Waals surface area contributed by atoms with Gasteiger partial charge in [-0.25, -0.2) is 9.78 Å². The molecule has 0 spiro atoms. The molecule has 32 heavy (non-hydrogen) atoms. The van der Waals surface area contributed by atoms with Crippen molar-refractivity contribution in [3.63, 3.8) is 0 Å². The largest absolute Gasteiger partial charge is 0.509 e. The van der Waals surface area contributed by atoms with Gasteiger partial charge in [0.05, 0.1) is 5.92 Å². The first-order chi connectivity index (χ1) is 15.5. The molecule has 0 bridgehead atoms. The minimum absolute atomic E-state index is 0.182. The Morgan fingerprint density at radius 3 is 2.34 bits per heavy atom. The van der Waals surface area contributed by atoms with Crippen molar-refractivity contribution in [2.45, 2.75) is 32.3 Å². The van der Waals surface area contributed by atoms with Crippen LogP contribution < -0.4 is 0 Å². The predicted octanol–water partition coefficient (Wildman–Crippen LogP) is 6.61. The molecule has 1 aliphatic rings. The summed E-state index contributed by atoms with van der Waals surface area (Å²) >= 11 is 0. The Balaban J connectivity index is 1.74. The molecule has 1 aliphatic heterocycles. The Morgan fingerprint density at radius 2 is 1.62 bits per heavy atom. The number of aliphatic hydroxyl groups is 1. The zero-order chi connectivity index (χ0) is 22.3. The predicted molar refractivity (Wildman–Crippen MR) is 127 cm³/mol. The topological polar surface area (TPSA) is 54.5 Å². The molecule has 1 unspecified atom stereocenters. The van der Waals surface area contributed by atoms with Crippen LogP contribution >= 0.6 is 0 Å². The van der Waals surface area contributed by atoms with Crippen LogP contribution in [0, 0.1) is 13.8 Å². The molecule has 4 aromatic rings. The summed E-state index contributed by atoms with van der Waals surface area (Å²) in [6.07, 6.45) is 0. The molecule has 4 nitrogen and oxygen atoms in total. The maximum Gasteiger partial charge on any atom is 0.182 e. The average Bonchev–Trinajstić information content (AvgIpc) is 3.14. The van der Waals surface area contributed by atoms with Crippen LogP contribution in [0.3, 0.4) is 0 Å². The fraction of sp³-hybridized carbons (Fsp3) is 0.214. The van der Waals surface area contributed by atoms with Gasteiger partial charge in [-0.15, -0.1) is 0 Å². The van der Waals surface area contributed by atoms with E-state index < -0.39 is 5.60 Å². The number of aliphatic hydroxyl groups excluding tert-OH is 1. The standard InChI is InChI=1S/C28H27NO3/c1-18-14-15-24-22(16-18)19(2)26(29-24)25(20-10-6-4-7-11-20)23-17-31-32-28(3,27(23)30)21-12-8-5-9-13-21/h4-16,25,29-30H,17H2,1-3H3/t25?,28-/m1/s1. The van der Waals surface area contributed by atoms with Crippen molar-refractivity contribution in [2.24, 2.45) is 0 Å². The van der Waals surface area contributed by atoms with Crippen molar-refractivity contribution in [1.29, 1.82) is 0 Å². The molecule has 2 N–H and O–H groups in total. The van der Waals surface area contributed by atoms with Gasteiger partial charge in [-0.05, 0) is 49.6 Å². The molecule has 4 heteroatoms. The molecule has 162 valence electrons. The number of aromatic nitrogens is 1. The van der Waals surface area contributed by atoms with E-state index in [1.807, 2.05) is 55.5 Å². The maximum absolute atomic E-state index is 11.6. The molecule has 2 heterocycles. The Morgan fingerprint density at radius 1 is 0.938 bits per heavy atom. The summed E-state index contributed by atoms with van der Waals surface area (Å²) < 4.78 is 0. The number of hydrogen-bond acceptors (Lipinski definition) is 3. The van der Waals surface area contributed by atoms with Crippen LogP contribution in [0.5, 0.6) is 0 Å². The second-order valence-corrected chi connectivity index (χ2v) is 8.68. The van der Waals surface area contributed by atoms with Crippen LogP contribution in [0.15, 0.2) is 90.2 Å². The van der Waals surface area contributed by atoms with Gasteiger partial charge in [0.2, 0.25) is 0 Å². The van der Waals surface area contributed by atoms with Crippen molar-refractivity contribution >= 4 is 10.9 Å². The van der Waals surface area contributed by atoms with Crippen LogP contribution in [0.25, 0.3) is 10.9 Å². The molecule has 5 rings (SSSR count). The van der Waals surface area contributed by atoms with Crippen LogP contribution in [0.2, 0.25) is 0 Å². The van der Waals surface area contributed by atoms with Gasteiger partial charge < -0.3 is 10.1 Å². The second-order valence-electron chi connectivity index (χ2n) is 8.68. The van der Waals surface area contributed by atoms with E-state index in [2.05, 4.69) is 49.2 Å². The quantitative estimate of drug-likeness (QED) is 0.362. The normalized spacial score (nSPS) is 20.0. The Hall–Kier alpha value is -3.34. The van der Waals surface area contributed by atoms with Crippen molar-refractivity contribution < 1.29 is 14.9 Å². The highest BCUT2D eigenvalue weighted by atomic mass is 17.2. The van der Waals surface area contributed by atoms with Gasteiger partial charge in [-0.1, -0.05) is 72.3 Å². The first-order valence-corrected chi connectivity index (χ1v) is 10.9. The number of rotatable bonds is 4. The summed E-state index contributed by atoms with van der Waals surface area (Å²) in [4.78, 5) is 15.0. The van der Waals surface area contributed by atoms with Gasteiger partial charge in [0, 0.05) is 22.2 Å². The molecule has 3 aromatic carbocycles. The monoisotopic (exact) mass is 425 g/mol. The molecular weight excluding hydrogens is 398 g/mol. The molecule has 0 saturated heterocycles. The third-order valence-corrected chi connectivity index (χ3v) is 6.54. The Labute approximate surface area is 188 Å². The Kier molecular flexibility index (Phi) is 5.12. The first-order valence-electron chi connectivity index (χ1n) is 10.9. The number of hydrogen-bond donors (Lipinski definition) is 2. The van der Waals surface area contributed by atoms with Crippen molar-refractivity contribution in [1.82, 2.24) is 4.98 Å². The van der Waals surface area contributed by atoms with E-state index in [-0.39, 0.29) is 18.3 Å². The minimum atomic E-state index is -1.08. The van der Waals surface area contributed by atoms with E-state index in [0.29, 0.717) is 0 Å². The van der Waals surface area contributed by atoms with Gasteiger partial charge in [0.1, 0.15) is 12.4 Å². The molecule has 0 fully saturated rings. The molecule has 0 radical (unpaired) electrons. The van der Waals surface area contributed by atoms with Crippen LogP contribution in [-0.2, 0) is 15.4 Å². The lowest BCUT2D eigenvalue weighted by atomic mass is 9.81. The first kappa shape index (κ1) is 20.6. The third kappa shape index (κ3) is 3.32.